The highest BCUT2D eigenvalue weighted by molar-refractivity contribution is 6.31. The Hall–Kier alpha value is -3.61. The van der Waals surface area contributed by atoms with E-state index in [4.69, 9.17) is 27.7 Å². The highest BCUT2D eigenvalue weighted by Crippen LogP contribution is 2.39. The summed E-state index contributed by atoms with van der Waals surface area (Å²) in [5.41, 5.74) is 4.61. The standard InChI is InChI=1S/C26H20Cl2N4O2/c1-15-14-20(12-13-21(15)28)32-16(2)22(23(29-26(32)33)17-8-10-19(27)11-9-17)25-30-24(31-34-25)18-6-4-3-5-7-18/h3-14,23H,1-2H3,(H,29,33). The molecule has 1 aliphatic rings. The minimum atomic E-state index is -0.501. The van der Waals surface area contributed by atoms with Crippen molar-refractivity contribution in [1.29, 1.82) is 0 Å². The molecule has 0 spiro atoms. The first-order chi connectivity index (χ1) is 16.4. The molecule has 5 rings (SSSR count). The van der Waals surface area contributed by atoms with Crippen LogP contribution in [0.15, 0.2) is 83.0 Å². The fourth-order valence-corrected chi connectivity index (χ4v) is 4.29. The predicted molar refractivity (Wildman–Crippen MR) is 134 cm³/mol. The van der Waals surface area contributed by atoms with Crippen LogP contribution in [0.2, 0.25) is 10.0 Å². The maximum atomic E-state index is 13.3. The zero-order chi connectivity index (χ0) is 23.8. The van der Waals surface area contributed by atoms with E-state index in [9.17, 15) is 4.79 Å². The average molecular weight is 491 g/mol. The van der Waals surface area contributed by atoms with Crippen LogP contribution < -0.4 is 10.2 Å². The van der Waals surface area contributed by atoms with E-state index in [1.54, 1.807) is 23.1 Å². The lowest BCUT2D eigenvalue weighted by molar-refractivity contribution is 0.244. The van der Waals surface area contributed by atoms with Crippen molar-refractivity contribution in [3.05, 3.63) is 106 Å². The van der Waals surface area contributed by atoms with Gasteiger partial charge in [-0.05, 0) is 55.3 Å². The number of urea groups is 1. The van der Waals surface area contributed by atoms with E-state index in [0.717, 1.165) is 16.7 Å². The number of nitrogens with one attached hydrogen (secondary N) is 1. The Bertz CT molecular complexity index is 1400. The van der Waals surface area contributed by atoms with Crippen molar-refractivity contribution in [2.45, 2.75) is 19.9 Å². The Morgan fingerprint density at radius 2 is 1.71 bits per heavy atom. The van der Waals surface area contributed by atoms with Crippen molar-refractivity contribution < 1.29 is 9.32 Å². The van der Waals surface area contributed by atoms with E-state index in [-0.39, 0.29) is 6.03 Å². The molecule has 3 aromatic carbocycles. The van der Waals surface area contributed by atoms with Gasteiger partial charge in [0, 0.05) is 21.3 Å². The summed E-state index contributed by atoms with van der Waals surface area (Å²) in [6.45, 7) is 3.77. The third kappa shape index (κ3) is 4.06. The lowest BCUT2D eigenvalue weighted by Gasteiger charge is -2.35. The molecular formula is C26H20Cl2N4O2. The zero-order valence-corrected chi connectivity index (χ0v) is 19.9. The maximum absolute atomic E-state index is 13.3. The summed E-state index contributed by atoms with van der Waals surface area (Å²) in [6.07, 6.45) is 0. The number of aromatic nitrogens is 2. The molecule has 0 saturated carbocycles. The highest BCUT2D eigenvalue weighted by Gasteiger charge is 2.36. The van der Waals surface area contributed by atoms with E-state index >= 15 is 0 Å². The summed E-state index contributed by atoms with van der Waals surface area (Å²) in [7, 11) is 0. The number of hydrogen-bond acceptors (Lipinski definition) is 4. The van der Waals surface area contributed by atoms with Crippen molar-refractivity contribution in [3.63, 3.8) is 0 Å². The number of aryl methyl sites for hydroxylation is 1. The molecule has 170 valence electrons. The lowest BCUT2D eigenvalue weighted by atomic mass is 9.94. The van der Waals surface area contributed by atoms with Gasteiger partial charge in [0.05, 0.1) is 17.3 Å². The molecular weight excluding hydrogens is 471 g/mol. The zero-order valence-electron chi connectivity index (χ0n) is 18.4. The van der Waals surface area contributed by atoms with Gasteiger partial charge in [-0.25, -0.2) is 4.79 Å². The Balaban J connectivity index is 1.66. The predicted octanol–water partition coefficient (Wildman–Crippen LogP) is 7.05. The van der Waals surface area contributed by atoms with Gasteiger partial charge < -0.3 is 9.84 Å². The minimum Gasteiger partial charge on any atom is -0.334 e. The number of carbonyl (C=O) groups is 1. The third-order valence-electron chi connectivity index (χ3n) is 5.78. The summed E-state index contributed by atoms with van der Waals surface area (Å²) < 4.78 is 5.72. The SMILES string of the molecule is CC1=C(c2nc(-c3ccccc3)no2)C(c2ccc(Cl)cc2)NC(=O)N1c1ccc(Cl)c(C)c1. The van der Waals surface area contributed by atoms with Crippen LogP contribution in [0.3, 0.4) is 0 Å². The lowest BCUT2D eigenvalue weighted by Crippen LogP contribution is -2.46. The van der Waals surface area contributed by atoms with Crippen LogP contribution in [-0.2, 0) is 0 Å². The summed E-state index contributed by atoms with van der Waals surface area (Å²) in [6, 6.07) is 21.6. The first-order valence-electron chi connectivity index (χ1n) is 10.6. The first-order valence-corrected chi connectivity index (χ1v) is 11.4. The molecule has 1 N–H and O–H groups in total. The van der Waals surface area contributed by atoms with Crippen molar-refractivity contribution >= 4 is 40.5 Å². The molecule has 1 unspecified atom stereocenters. The number of halogens is 2. The molecule has 4 aromatic rings. The number of nitrogens with zero attached hydrogens (tertiary/aromatic N) is 3. The van der Waals surface area contributed by atoms with Crippen LogP contribution >= 0.6 is 23.2 Å². The van der Waals surface area contributed by atoms with E-state index in [1.165, 1.54) is 0 Å². The molecule has 1 aromatic heterocycles. The molecule has 8 heteroatoms. The quantitative estimate of drug-likeness (QED) is 0.332. The second-order valence-corrected chi connectivity index (χ2v) is 8.83. The Morgan fingerprint density at radius 1 is 0.971 bits per heavy atom. The number of anilines is 1. The Morgan fingerprint density at radius 3 is 2.41 bits per heavy atom. The molecule has 0 saturated heterocycles. The van der Waals surface area contributed by atoms with Crippen molar-refractivity contribution in [1.82, 2.24) is 15.5 Å². The molecule has 6 nitrogen and oxygen atoms in total. The smallest absolute Gasteiger partial charge is 0.326 e. The molecule has 0 fully saturated rings. The van der Waals surface area contributed by atoms with E-state index < -0.39 is 6.04 Å². The van der Waals surface area contributed by atoms with Gasteiger partial charge in [-0.3, -0.25) is 4.90 Å². The first kappa shape index (κ1) is 22.2. The van der Waals surface area contributed by atoms with Gasteiger partial charge in [0.25, 0.3) is 5.89 Å². The number of amides is 2. The Kier molecular flexibility index (Phi) is 5.86. The molecule has 0 bridgehead atoms. The molecule has 2 heterocycles. The van der Waals surface area contributed by atoms with E-state index in [0.29, 0.717) is 38.7 Å². The van der Waals surface area contributed by atoms with Gasteiger partial charge in [-0.2, -0.15) is 4.98 Å². The number of allylic oxidation sites excluding steroid dienone is 1. The summed E-state index contributed by atoms with van der Waals surface area (Å²) in [4.78, 5) is 19.6. The van der Waals surface area contributed by atoms with Gasteiger partial charge in [0.2, 0.25) is 5.82 Å². The monoisotopic (exact) mass is 490 g/mol. The second-order valence-electron chi connectivity index (χ2n) is 7.99. The Labute approximate surface area is 206 Å². The second kappa shape index (κ2) is 8.97. The number of hydrogen-bond donors (Lipinski definition) is 1. The summed E-state index contributed by atoms with van der Waals surface area (Å²) >= 11 is 12.3. The van der Waals surface area contributed by atoms with Gasteiger partial charge in [0.1, 0.15) is 0 Å². The van der Waals surface area contributed by atoms with Crippen LogP contribution in [0, 0.1) is 6.92 Å². The number of carbonyl (C=O) groups excluding carboxylic acids is 1. The van der Waals surface area contributed by atoms with E-state index in [2.05, 4.69) is 15.5 Å². The molecule has 0 aliphatic carbocycles. The largest absolute Gasteiger partial charge is 0.334 e. The maximum Gasteiger partial charge on any atom is 0.326 e. The molecule has 2 amide bonds. The van der Waals surface area contributed by atoms with Gasteiger partial charge in [0.15, 0.2) is 0 Å². The van der Waals surface area contributed by atoms with Crippen molar-refractivity contribution in [3.8, 4) is 11.4 Å². The van der Waals surface area contributed by atoms with Crippen LogP contribution in [-0.4, -0.2) is 16.2 Å². The van der Waals surface area contributed by atoms with Gasteiger partial charge in [-0.15, -0.1) is 0 Å². The summed E-state index contributed by atoms with van der Waals surface area (Å²) in [5.74, 6) is 0.795. The topological polar surface area (TPSA) is 71.3 Å². The molecule has 34 heavy (non-hydrogen) atoms. The molecule has 1 aliphatic heterocycles. The van der Waals surface area contributed by atoms with Crippen molar-refractivity contribution in [2.24, 2.45) is 0 Å². The normalized spacial score (nSPS) is 16.1. The van der Waals surface area contributed by atoms with Gasteiger partial charge >= 0.3 is 6.03 Å². The van der Waals surface area contributed by atoms with Crippen molar-refractivity contribution in [2.75, 3.05) is 4.90 Å². The fraction of sp³-hybridized carbons (Fsp3) is 0.115. The minimum absolute atomic E-state index is 0.272. The third-order valence-corrected chi connectivity index (χ3v) is 6.45. The average Bonchev–Trinajstić information content (AvgIpc) is 3.32. The van der Waals surface area contributed by atoms with Crippen LogP contribution in [0.25, 0.3) is 17.0 Å². The van der Waals surface area contributed by atoms with Crippen LogP contribution in [0.1, 0.15) is 30.0 Å². The molecule has 1 atom stereocenters. The number of benzene rings is 3. The van der Waals surface area contributed by atoms with Gasteiger partial charge in [-0.1, -0.05) is 70.8 Å². The summed E-state index contributed by atoms with van der Waals surface area (Å²) in [5, 5.41) is 8.52. The van der Waals surface area contributed by atoms with Crippen LogP contribution in [0.4, 0.5) is 10.5 Å². The fourth-order valence-electron chi connectivity index (χ4n) is 4.04. The highest BCUT2D eigenvalue weighted by atomic mass is 35.5. The molecule has 0 radical (unpaired) electrons. The van der Waals surface area contributed by atoms with E-state index in [1.807, 2.05) is 68.4 Å². The van der Waals surface area contributed by atoms with Crippen LogP contribution in [0.5, 0.6) is 0 Å². The number of rotatable bonds is 4.